The van der Waals surface area contributed by atoms with Gasteiger partial charge in [-0.05, 0) is 37.0 Å². The number of benzene rings is 1. The predicted octanol–water partition coefficient (Wildman–Crippen LogP) is 2.33. The van der Waals surface area contributed by atoms with Crippen LogP contribution in [-0.4, -0.2) is 34.8 Å². The van der Waals surface area contributed by atoms with Crippen LogP contribution in [0.5, 0.6) is 0 Å². The van der Waals surface area contributed by atoms with E-state index >= 15 is 0 Å². The zero-order chi connectivity index (χ0) is 16.0. The first-order chi connectivity index (χ1) is 11.1. The lowest BCUT2D eigenvalue weighted by Crippen LogP contribution is -2.29. The van der Waals surface area contributed by atoms with Crippen LogP contribution in [0.4, 0.5) is 5.69 Å². The molecule has 23 heavy (non-hydrogen) atoms. The van der Waals surface area contributed by atoms with Gasteiger partial charge >= 0.3 is 0 Å². The molecule has 0 unspecified atom stereocenters. The fourth-order valence-electron chi connectivity index (χ4n) is 3.10. The molecule has 1 atom stereocenters. The minimum atomic E-state index is -0.268. The number of rotatable bonds is 4. The number of hydrogen-bond donors (Lipinski definition) is 1. The van der Waals surface area contributed by atoms with Crippen molar-refractivity contribution in [1.29, 1.82) is 0 Å². The standard InChI is InChI=1S/C17H19N3O3/c1-10-18-14-7-13(4-5-15(14)23-10)19-17(22)12-6-16(21)20(9-12)8-11-2-3-11/h4-5,7,11-12H,2-3,6,8-9H2,1H3,(H,19,22)/t12-/m0/s1. The molecule has 4 rings (SSSR count). The van der Waals surface area contributed by atoms with E-state index in [9.17, 15) is 9.59 Å². The van der Waals surface area contributed by atoms with Gasteiger partial charge in [-0.15, -0.1) is 0 Å². The van der Waals surface area contributed by atoms with Gasteiger partial charge in [0.1, 0.15) is 5.52 Å². The number of aryl methyl sites for hydroxylation is 1. The summed E-state index contributed by atoms with van der Waals surface area (Å²) in [7, 11) is 0. The number of oxazole rings is 1. The van der Waals surface area contributed by atoms with E-state index in [1.165, 1.54) is 12.8 Å². The molecule has 1 saturated heterocycles. The third kappa shape index (κ3) is 2.93. The number of anilines is 1. The summed E-state index contributed by atoms with van der Waals surface area (Å²) in [5.41, 5.74) is 2.11. The average molecular weight is 313 g/mol. The molecule has 0 radical (unpaired) electrons. The molecule has 1 saturated carbocycles. The van der Waals surface area contributed by atoms with Gasteiger partial charge in [0.25, 0.3) is 0 Å². The van der Waals surface area contributed by atoms with Crippen molar-refractivity contribution in [2.24, 2.45) is 11.8 Å². The molecule has 0 spiro atoms. The Balaban J connectivity index is 1.43. The highest BCUT2D eigenvalue weighted by atomic mass is 16.3. The van der Waals surface area contributed by atoms with Crippen LogP contribution in [0, 0.1) is 18.8 Å². The quantitative estimate of drug-likeness (QED) is 0.940. The molecule has 1 aliphatic carbocycles. The minimum Gasteiger partial charge on any atom is -0.441 e. The van der Waals surface area contributed by atoms with Gasteiger partial charge in [0.05, 0.1) is 5.92 Å². The van der Waals surface area contributed by atoms with Crippen LogP contribution in [0.3, 0.4) is 0 Å². The zero-order valence-corrected chi connectivity index (χ0v) is 13.0. The summed E-state index contributed by atoms with van der Waals surface area (Å²) in [5, 5.41) is 2.90. The Kier molecular flexibility index (Phi) is 3.32. The van der Waals surface area contributed by atoms with Crippen LogP contribution in [0.1, 0.15) is 25.2 Å². The molecule has 6 nitrogen and oxygen atoms in total. The molecule has 2 amide bonds. The molecule has 2 aromatic rings. The Morgan fingerprint density at radius 3 is 3.04 bits per heavy atom. The van der Waals surface area contributed by atoms with Gasteiger partial charge in [0.2, 0.25) is 11.8 Å². The second-order valence-electron chi connectivity index (χ2n) is 6.55. The zero-order valence-electron chi connectivity index (χ0n) is 13.0. The number of amides is 2. The first-order valence-electron chi connectivity index (χ1n) is 8.04. The highest BCUT2D eigenvalue weighted by Crippen LogP contribution is 2.32. The Labute approximate surface area is 133 Å². The van der Waals surface area contributed by atoms with Crippen molar-refractivity contribution < 1.29 is 14.0 Å². The normalized spacial score (nSPS) is 21.2. The Hall–Kier alpha value is -2.37. The highest BCUT2D eigenvalue weighted by molar-refractivity contribution is 5.98. The number of hydrogen-bond acceptors (Lipinski definition) is 4. The predicted molar refractivity (Wildman–Crippen MR) is 84.8 cm³/mol. The van der Waals surface area contributed by atoms with Gasteiger partial charge in [-0.1, -0.05) is 0 Å². The molecule has 2 fully saturated rings. The number of fused-ring (bicyclic) bond motifs is 1. The maximum atomic E-state index is 12.4. The molecule has 1 aliphatic heterocycles. The van der Waals surface area contributed by atoms with Crippen molar-refractivity contribution in [3.05, 3.63) is 24.1 Å². The molecular weight excluding hydrogens is 294 g/mol. The van der Waals surface area contributed by atoms with Gasteiger partial charge in [-0.25, -0.2) is 4.98 Å². The second kappa shape index (κ2) is 5.37. The monoisotopic (exact) mass is 313 g/mol. The van der Waals surface area contributed by atoms with Crippen molar-refractivity contribution in [3.63, 3.8) is 0 Å². The van der Waals surface area contributed by atoms with E-state index in [0.717, 1.165) is 12.1 Å². The summed E-state index contributed by atoms with van der Waals surface area (Å²) in [4.78, 5) is 30.5. The number of nitrogens with zero attached hydrogens (tertiary/aromatic N) is 2. The molecule has 2 heterocycles. The summed E-state index contributed by atoms with van der Waals surface area (Å²) in [6.45, 7) is 3.14. The smallest absolute Gasteiger partial charge is 0.229 e. The number of carbonyl (C=O) groups is 2. The van der Waals surface area contributed by atoms with Crippen LogP contribution < -0.4 is 5.32 Å². The van der Waals surface area contributed by atoms with Gasteiger partial charge in [0.15, 0.2) is 11.5 Å². The Bertz CT molecular complexity index is 778. The van der Waals surface area contributed by atoms with Crippen LogP contribution in [0.2, 0.25) is 0 Å². The van der Waals surface area contributed by atoms with E-state index in [1.54, 1.807) is 25.1 Å². The summed E-state index contributed by atoms with van der Waals surface area (Å²) < 4.78 is 5.42. The van der Waals surface area contributed by atoms with E-state index in [1.807, 2.05) is 4.90 Å². The minimum absolute atomic E-state index is 0.0969. The lowest BCUT2D eigenvalue weighted by atomic mass is 10.1. The largest absolute Gasteiger partial charge is 0.441 e. The fourth-order valence-corrected chi connectivity index (χ4v) is 3.10. The van der Waals surface area contributed by atoms with Crippen LogP contribution in [0.15, 0.2) is 22.6 Å². The SMILES string of the molecule is Cc1nc2cc(NC(=O)[C@H]3CC(=O)N(CC4CC4)C3)ccc2o1. The third-order valence-electron chi connectivity index (χ3n) is 4.52. The maximum Gasteiger partial charge on any atom is 0.229 e. The maximum absolute atomic E-state index is 12.4. The topological polar surface area (TPSA) is 75.4 Å². The summed E-state index contributed by atoms with van der Waals surface area (Å²) in [6, 6.07) is 5.39. The van der Waals surface area contributed by atoms with E-state index in [-0.39, 0.29) is 17.7 Å². The molecule has 1 N–H and O–H groups in total. The van der Waals surface area contributed by atoms with Gasteiger partial charge in [-0.3, -0.25) is 9.59 Å². The summed E-state index contributed by atoms with van der Waals surface area (Å²) >= 11 is 0. The number of carbonyl (C=O) groups excluding carboxylic acids is 2. The van der Waals surface area contributed by atoms with Gasteiger partial charge in [-0.2, -0.15) is 0 Å². The number of aromatic nitrogens is 1. The van der Waals surface area contributed by atoms with Crippen molar-refractivity contribution in [2.75, 3.05) is 18.4 Å². The molecular formula is C17H19N3O3. The third-order valence-corrected chi connectivity index (χ3v) is 4.52. The summed E-state index contributed by atoms with van der Waals surface area (Å²) in [6.07, 6.45) is 2.72. The fraction of sp³-hybridized carbons (Fsp3) is 0.471. The van der Waals surface area contributed by atoms with Crippen LogP contribution in [-0.2, 0) is 9.59 Å². The van der Waals surface area contributed by atoms with E-state index in [0.29, 0.717) is 36.0 Å². The molecule has 120 valence electrons. The van der Waals surface area contributed by atoms with Crippen molar-refractivity contribution in [2.45, 2.75) is 26.2 Å². The summed E-state index contributed by atoms with van der Waals surface area (Å²) in [5.74, 6) is 0.978. The van der Waals surface area contributed by atoms with Crippen molar-refractivity contribution in [3.8, 4) is 0 Å². The van der Waals surface area contributed by atoms with Crippen LogP contribution in [0.25, 0.3) is 11.1 Å². The average Bonchev–Trinajstić information content (AvgIpc) is 3.13. The molecule has 0 bridgehead atoms. The van der Waals surface area contributed by atoms with Crippen molar-refractivity contribution in [1.82, 2.24) is 9.88 Å². The number of likely N-dealkylation sites (tertiary alicyclic amines) is 1. The van der Waals surface area contributed by atoms with Gasteiger partial charge < -0.3 is 14.6 Å². The first kappa shape index (κ1) is 14.2. The molecule has 6 heteroatoms. The second-order valence-corrected chi connectivity index (χ2v) is 6.55. The van der Waals surface area contributed by atoms with Gasteiger partial charge in [0, 0.05) is 32.1 Å². The lowest BCUT2D eigenvalue weighted by Gasteiger charge is -2.16. The molecule has 1 aromatic heterocycles. The Morgan fingerprint density at radius 1 is 1.43 bits per heavy atom. The Morgan fingerprint density at radius 2 is 2.26 bits per heavy atom. The highest BCUT2D eigenvalue weighted by Gasteiger charge is 2.37. The van der Waals surface area contributed by atoms with Crippen molar-refractivity contribution >= 4 is 28.6 Å². The lowest BCUT2D eigenvalue weighted by molar-refractivity contribution is -0.128. The molecule has 1 aromatic carbocycles. The van der Waals surface area contributed by atoms with E-state index in [2.05, 4.69) is 10.3 Å². The van der Waals surface area contributed by atoms with Crippen LogP contribution >= 0.6 is 0 Å². The first-order valence-corrected chi connectivity index (χ1v) is 8.04. The molecule has 2 aliphatic rings. The van der Waals surface area contributed by atoms with E-state index < -0.39 is 0 Å². The van der Waals surface area contributed by atoms with E-state index in [4.69, 9.17) is 4.42 Å². The number of nitrogens with one attached hydrogen (secondary N) is 1.